The Bertz CT molecular complexity index is 563. The number of rotatable bonds is 6. The highest BCUT2D eigenvalue weighted by Gasteiger charge is 2.20. The van der Waals surface area contributed by atoms with Gasteiger partial charge in [-0.05, 0) is 48.3 Å². The van der Waals surface area contributed by atoms with Crippen LogP contribution in [0.3, 0.4) is 0 Å². The van der Waals surface area contributed by atoms with Crippen LogP contribution in [0.1, 0.15) is 12.0 Å². The van der Waals surface area contributed by atoms with Gasteiger partial charge < -0.3 is 19.7 Å². The normalized spacial score (nSPS) is 17.1. The van der Waals surface area contributed by atoms with Gasteiger partial charge in [0.1, 0.15) is 0 Å². The molecule has 0 aliphatic carbocycles. The van der Waals surface area contributed by atoms with Crippen LogP contribution in [0.4, 0.5) is 0 Å². The Hall–Kier alpha value is -1.18. The van der Waals surface area contributed by atoms with E-state index in [2.05, 4.69) is 33.5 Å². The summed E-state index contributed by atoms with van der Waals surface area (Å²) >= 11 is 7.38. The summed E-state index contributed by atoms with van der Waals surface area (Å²) in [5.74, 6) is 2.89. The van der Waals surface area contributed by atoms with E-state index in [0.29, 0.717) is 6.79 Å². The first kappa shape index (κ1) is 17.6. The number of piperazine rings is 1. The van der Waals surface area contributed by atoms with Gasteiger partial charge in [-0.1, -0.05) is 6.07 Å². The molecule has 7 heteroatoms. The molecule has 2 aliphatic rings. The Balaban J connectivity index is 1.41. The van der Waals surface area contributed by atoms with Crippen molar-refractivity contribution in [2.24, 2.45) is 0 Å². The smallest absolute Gasteiger partial charge is 0.231 e. The molecule has 0 atom stereocenters. The van der Waals surface area contributed by atoms with Crippen LogP contribution in [0, 0.1) is 0 Å². The molecule has 2 aliphatic heterocycles. The fourth-order valence-electron chi connectivity index (χ4n) is 2.93. The quantitative estimate of drug-likeness (QED) is 0.610. The molecule has 5 nitrogen and oxygen atoms in total. The van der Waals surface area contributed by atoms with E-state index in [-0.39, 0.29) is 0 Å². The number of hydrogen-bond donors (Lipinski definition) is 1. The highest BCUT2D eigenvalue weighted by molar-refractivity contribution is 7.98. The largest absolute Gasteiger partial charge is 0.454 e. The minimum atomic E-state index is 0.332. The average Bonchev–Trinajstić information content (AvgIpc) is 3.07. The Kier molecular flexibility index (Phi) is 6.45. The highest BCUT2D eigenvalue weighted by atomic mass is 32.2. The van der Waals surface area contributed by atoms with E-state index in [0.717, 1.165) is 62.3 Å². The maximum Gasteiger partial charge on any atom is 0.231 e. The molecule has 0 saturated carbocycles. The molecule has 1 N–H and O–H groups in total. The van der Waals surface area contributed by atoms with Gasteiger partial charge in [0.25, 0.3) is 0 Å². The van der Waals surface area contributed by atoms with Gasteiger partial charge in [-0.25, -0.2) is 0 Å². The topological polar surface area (TPSA) is 37.0 Å². The minimum absolute atomic E-state index is 0.332. The van der Waals surface area contributed by atoms with Crippen molar-refractivity contribution >= 4 is 29.1 Å². The van der Waals surface area contributed by atoms with Gasteiger partial charge in [-0.15, -0.1) is 0 Å². The third-order valence-corrected chi connectivity index (χ3v) is 5.40. The van der Waals surface area contributed by atoms with Crippen molar-refractivity contribution in [1.82, 2.24) is 15.1 Å². The van der Waals surface area contributed by atoms with Crippen molar-refractivity contribution in [1.29, 1.82) is 0 Å². The lowest BCUT2D eigenvalue weighted by Gasteiger charge is -2.36. The van der Waals surface area contributed by atoms with Gasteiger partial charge in [0.05, 0.1) is 0 Å². The number of fused-ring (bicyclic) bond motifs is 1. The summed E-state index contributed by atoms with van der Waals surface area (Å²) in [4.78, 5) is 4.74. The number of thioether (sulfide) groups is 1. The highest BCUT2D eigenvalue weighted by Crippen LogP contribution is 2.32. The van der Waals surface area contributed by atoms with E-state index >= 15 is 0 Å². The Morgan fingerprint density at radius 2 is 2.00 bits per heavy atom. The number of hydrogen-bond acceptors (Lipinski definition) is 5. The van der Waals surface area contributed by atoms with E-state index < -0.39 is 0 Å². The molecule has 0 bridgehead atoms. The maximum absolute atomic E-state index is 5.51. The minimum Gasteiger partial charge on any atom is -0.454 e. The molecular weight excluding hydrogens is 342 g/mol. The van der Waals surface area contributed by atoms with Gasteiger partial charge in [-0.2, -0.15) is 11.8 Å². The molecule has 1 aromatic carbocycles. The van der Waals surface area contributed by atoms with Crippen molar-refractivity contribution in [2.45, 2.75) is 13.0 Å². The number of benzene rings is 1. The standard InChI is InChI=1S/C17H25N3O2S2/c1-24-10-2-5-18-17(23)20-8-6-19(7-9-20)12-14-3-4-15-16(11-14)22-13-21-15/h3-4,11H,2,5-10,12-13H2,1H3,(H,18,23). The summed E-state index contributed by atoms with van der Waals surface area (Å²) in [5, 5.41) is 4.28. The van der Waals surface area contributed by atoms with Crippen LogP contribution >= 0.6 is 24.0 Å². The zero-order valence-electron chi connectivity index (χ0n) is 14.1. The lowest BCUT2D eigenvalue weighted by Crippen LogP contribution is -2.51. The summed E-state index contributed by atoms with van der Waals surface area (Å²) in [6.07, 6.45) is 3.29. The molecular formula is C17H25N3O2S2. The first-order chi connectivity index (χ1) is 11.8. The van der Waals surface area contributed by atoms with E-state index in [1.807, 2.05) is 17.8 Å². The predicted octanol–water partition coefficient (Wildman–Crippen LogP) is 2.16. The summed E-state index contributed by atoms with van der Waals surface area (Å²) in [6.45, 7) is 6.27. The maximum atomic E-state index is 5.51. The lowest BCUT2D eigenvalue weighted by molar-refractivity contribution is 0.172. The lowest BCUT2D eigenvalue weighted by atomic mass is 10.1. The van der Waals surface area contributed by atoms with Crippen LogP contribution < -0.4 is 14.8 Å². The van der Waals surface area contributed by atoms with E-state index in [1.54, 1.807) is 0 Å². The summed E-state index contributed by atoms with van der Waals surface area (Å²) in [6, 6.07) is 6.21. The third-order valence-electron chi connectivity index (χ3n) is 4.30. The van der Waals surface area contributed by atoms with E-state index in [4.69, 9.17) is 21.7 Å². The van der Waals surface area contributed by atoms with Crippen molar-refractivity contribution in [3.05, 3.63) is 23.8 Å². The average molecular weight is 368 g/mol. The Labute approximate surface area is 153 Å². The molecule has 0 amide bonds. The molecule has 1 aromatic rings. The number of thiocarbonyl (C=S) groups is 1. The van der Waals surface area contributed by atoms with Gasteiger partial charge in [-0.3, -0.25) is 4.90 Å². The monoisotopic (exact) mass is 367 g/mol. The molecule has 0 unspecified atom stereocenters. The van der Waals surface area contributed by atoms with Crippen LogP contribution in [0.2, 0.25) is 0 Å². The Morgan fingerprint density at radius 1 is 1.21 bits per heavy atom. The van der Waals surface area contributed by atoms with Crippen molar-refractivity contribution in [3.8, 4) is 11.5 Å². The molecule has 2 heterocycles. The number of nitrogens with zero attached hydrogens (tertiary/aromatic N) is 2. The second-order valence-corrected chi connectivity index (χ2v) is 7.40. The van der Waals surface area contributed by atoms with Crippen molar-refractivity contribution in [2.75, 3.05) is 51.5 Å². The van der Waals surface area contributed by atoms with Crippen LogP contribution in [0.5, 0.6) is 11.5 Å². The zero-order valence-corrected chi connectivity index (χ0v) is 15.8. The SMILES string of the molecule is CSCCCNC(=S)N1CCN(Cc2ccc3c(c2)OCO3)CC1. The molecule has 3 rings (SSSR count). The van der Waals surface area contributed by atoms with Crippen LogP contribution in [-0.4, -0.2) is 66.4 Å². The van der Waals surface area contributed by atoms with Gasteiger partial charge >= 0.3 is 0 Å². The summed E-state index contributed by atoms with van der Waals surface area (Å²) in [7, 11) is 0. The van der Waals surface area contributed by atoms with Gasteiger partial charge in [0.15, 0.2) is 16.6 Å². The zero-order chi connectivity index (χ0) is 16.8. The molecule has 0 spiro atoms. The summed E-state index contributed by atoms with van der Waals surface area (Å²) < 4.78 is 10.8. The van der Waals surface area contributed by atoms with Gasteiger partial charge in [0, 0.05) is 39.3 Å². The number of ether oxygens (including phenoxy) is 2. The molecule has 132 valence electrons. The van der Waals surface area contributed by atoms with Gasteiger partial charge in [0.2, 0.25) is 6.79 Å². The number of nitrogens with one attached hydrogen (secondary N) is 1. The fourth-order valence-corrected chi connectivity index (χ4v) is 3.65. The molecule has 24 heavy (non-hydrogen) atoms. The van der Waals surface area contributed by atoms with Crippen molar-refractivity contribution < 1.29 is 9.47 Å². The van der Waals surface area contributed by atoms with Crippen LogP contribution in [0.15, 0.2) is 18.2 Å². The first-order valence-electron chi connectivity index (χ1n) is 8.39. The summed E-state index contributed by atoms with van der Waals surface area (Å²) in [5.41, 5.74) is 1.27. The van der Waals surface area contributed by atoms with E-state index in [9.17, 15) is 0 Å². The predicted molar refractivity (Wildman–Crippen MR) is 103 cm³/mol. The molecule has 1 fully saturated rings. The second-order valence-electron chi connectivity index (χ2n) is 6.03. The van der Waals surface area contributed by atoms with Crippen LogP contribution in [0.25, 0.3) is 0 Å². The Morgan fingerprint density at radius 3 is 2.79 bits per heavy atom. The van der Waals surface area contributed by atoms with Crippen LogP contribution in [-0.2, 0) is 6.54 Å². The van der Waals surface area contributed by atoms with Crippen molar-refractivity contribution in [3.63, 3.8) is 0 Å². The molecule has 0 radical (unpaired) electrons. The second kappa shape index (κ2) is 8.78. The van der Waals surface area contributed by atoms with E-state index in [1.165, 1.54) is 11.3 Å². The molecule has 0 aromatic heterocycles. The fraction of sp³-hybridized carbons (Fsp3) is 0.588. The molecule has 1 saturated heterocycles. The third kappa shape index (κ3) is 4.68. The first-order valence-corrected chi connectivity index (χ1v) is 10.2.